The van der Waals surface area contributed by atoms with E-state index in [0.717, 1.165) is 50.2 Å². The van der Waals surface area contributed by atoms with Crippen LogP contribution in [0.5, 0.6) is 0 Å². The molecule has 0 bridgehead atoms. The summed E-state index contributed by atoms with van der Waals surface area (Å²) in [6.07, 6.45) is 0. The minimum Gasteiger partial charge on any atom is -0.373 e. The Morgan fingerprint density at radius 1 is 1.24 bits per heavy atom. The fourth-order valence-corrected chi connectivity index (χ4v) is 2.09. The number of aromatic nitrogens is 2. The number of hydrogen-bond acceptors (Lipinski definition) is 5. The summed E-state index contributed by atoms with van der Waals surface area (Å²) in [5.74, 6) is 1.75. The quantitative estimate of drug-likeness (QED) is 0.845. The van der Waals surface area contributed by atoms with Crippen molar-refractivity contribution < 1.29 is 0 Å². The first-order valence-electron chi connectivity index (χ1n) is 6.23. The highest BCUT2D eigenvalue weighted by atomic mass is 15.3. The fourth-order valence-electron chi connectivity index (χ4n) is 2.09. The van der Waals surface area contributed by atoms with Crippen molar-refractivity contribution in [1.29, 1.82) is 0 Å². The molecule has 94 valence electrons. The van der Waals surface area contributed by atoms with Crippen molar-refractivity contribution in [3.05, 3.63) is 11.8 Å². The fraction of sp³-hybridized carbons (Fsp3) is 0.667. The summed E-state index contributed by atoms with van der Waals surface area (Å²) in [5, 5.41) is 3.08. The summed E-state index contributed by atoms with van der Waals surface area (Å²) in [4.78, 5) is 13.7. The first kappa shape index (κ1) is 12.1. The van der Waals surface area contributed by atoms with Crippen LogP contribution >= 0.6 is 0 Å². The molecule has 5 heteroatoms. The first-order valence-corrected chi connectivity index (χ1v) is 6.23. The van der Waals surface area contributed by atoms with Crippen LogP contribution < -0.4 is 10.2 Å². The molecule has 1 saturated heterocycles. The minimum atomic E-state index is 0.852. The Kier molecular flexibility index (Phi) is 3.78. The van der Waals surface area contributed by atoms with Gasteiger partial charge in [0.15, 0.2) is 0 Å². The van der Waals surface area contributed by atoms with Gasteiger partial charge in [0.2, 0.25) is 5.95 Å². The lowest BCUT2D eigenvalue weighted by Gasteiger charge is -2.34. The molecule has 1 fully saturated rings. The highest BCUT2D eigenvalue weighted by molar-refractivity contribution is 5.43. The highest BCUT2D eigenvalue weighted by Crippen LogP contribution is 2.15. The first-order chi connectivity index (χ1) is 8.22. The van der Waals surface area contributed by atoms with E-state index < -0.39 is 0 Å². The molecule has 0 saturated carbocycles. The number of likely N-dealkylation sites (N-methyl/N-ethyl adjacent to an activating group) is 1. The van der Waals surface area contributed by atoms with E-state index in [1.165, 1.54) is 0 Å². The zero-order valence-corrected chi connectivity index (χ0v) is 10.9. The molecule has 1 N–H and O–H groups in total. The molecule has 2 heterocycles. The number of nitrogens with one attached hydrogen (secondary N) is 1. The predicted octanol–water partition coefficient (Wildman–Crippen LogP) is 0.969. The van der Waals surface area contributed by atoms with Crippen LogP contribution in [0.3, 0.4) is 0 Å². The Labute approximate surface area is 103 Å². The largest absolute Gasteiger partial charge is 0.373 e. The molecular formula is C12H21N5. The average molecular weight is 235 g/mol. The van der Waals surface area contributed by atoms with Crippen LogP contribution in [0.4, 0.5) is 11.8 Å². The maximum Gasteiger partial charge on any atom is 0.227 e. The Bertz CT molecular complexity index is 371. The third-order valence-corrected chi connectivity index (χ3v) is 3.20. The summed E-state index contributed by atoms with van der Waals surface area (Å²) < 4.78 is 0. The van der Waals surface area contributed by atoms with Crippen molar-refractivity contribution in [3.8, 4) is 0 Å². The third kappa shape index (κ3) is 2.85. The van der Waals surface area contributed by atoms with E-state index >= 15 is 0 Å². The summed E-state index contributed by atoms with van der Waals surface area (Å²) in [6.45, 7) is 9.57. The number of nitrogens with zero attached hydrogens (tertiary/aromatic N) is 4. The van der Waals surface area contributed by atoms with Gasteiger partial charge in [-0.1, -0.05) is 6.92 Å². The van der Waals surface area contributed by atoms with Crippen molar-refractivity contribution in [2.24, 2.45) is 0 Å². The molecule has 2 rings (SSSR count). The number of aryl methyl sites for hydroxylation is 1. The van der Waals surface area contributed by atoms with Crippen molar-refractivity contribution in [2.75, 3.05) is 50.0 Å². The highest BCUT2D eigenvalue weighted by Gasteiger charge is 2.18. The average Bonchev–Trinajstić information content (AvgIpc) is 2.38. The van der Waals surface area contributed by atoms with Gasteiger partial charge in [0.05, 0.1) is 0 Å². The van der Waals surface area contributed by atoms with Gasteiger partial charge in [0, 0.05) is 45.0 Å². The van der Waals surface area contributed by atoms with Gasteiger partial charge in [-0.15, -0.1) is 0 Å². The molecular weight excluding hydrogens is 214 g/mol. The lowest BCUT2D eigenvalue weighted by Crippen LogP contribution is -2.46. The number of rotatable bonds is 3. The van der Waals surface area contributed by atoms with E-state index in [4.69, 9.17) is 0 Å². The smallest absolute Gasteiger partial charge is 0.227 e. The van der Waals surface area contributed by atoms with Crippen LogP contribution in [-0.2, 0) is 0 Å². The molecule has 0 radical (unpaired) electrons. The number of piperazine rings is 1. The topological polar surface area (TPSA) is 44.3 Å². The van der Waals surface area contributed by atoms with E-state index in [2.05, 4.69) is 32.0 Å². The standard InChI is InChI=1S/C12H21N5/c1-4-16-5-7-17(8-6-16)12-14-10(2)9-11(13-3)15-12/h9H,4-8H2,1-3H3,(H,13,14,15). The van der Waals surface area contributed by atoms with Gasteiger partial charge in [-0.2, -0.15) is 4.98 Å². The van der Waals surface area contributed by atoms with Crippen molar-refractivity contribution >= 4 is 11.8 Å². The lowest BCUT2D eigenvalue weighted by molar-refractivity contribution is 0.270. The minimum absolute atomic E-state index is 0.852. The molecule has 0 spiro atoms. The summed E-state index contributed by atoms with van der Waals surface area (Å²) in [6, 6.07) is 1.96. The molecule has 1 aliphatic heterocycles. The SMILES string of the molecule is CCN1CCN(c2nc(C)cc(NC)n2)CC1. The van der Waals surface area contributed by atoms with Gasteiger partial charge >= 0.3 is 0 Å². The second-order valence-corrected chi connectivity index (χ2v) is 4.37. The third-order valence-electron chi connectivity index (χ3n) is 3.20. The molecule has 5 nitrogen and oxygen atoms in total. The summed E-state index contributed by atoms with van der Waals surface area (Å²) in [7, 11) is 1.89. The Hall–Kier alpha value is -1.36. The summed E-state index contributed by atoms with van der Waals surface area (Å²) in [5.41, 5.74) is 1.01. The van der Waals surface area contributed by atoms with Gasteiger partial charge in [-0.3, -0.25) is 0 Å². The number of hydrogen-bond donors (Lipinski definition) is 1. The zero-order chi connectivity index (χ0) is 12.3. The normalized spacial score (nSPS) is 17.2. The molecule has 0 unspecified atom stereocenters. The van der Waals surface area contributed by atoms with Crippen LogP contribution in [0, 0.1) is 6.92 Å². The van der Waals surface area contributed by atoms with E-state index in [-0.39, 0.29) is 0 Å². The van der Waals surface area contributed by atoms with Crippen LogP contribution in [-0.4, -0.2) is 54.6 Å². The Morgan fingerprint density at radius 2 is 1.94 bits per heavy atom. The second kappa shape index (κ2) is 5.31. The van der Waals surface area contributed by atoms with Crippen molar-refractivity contribution in [1.82, 2.24) is 14.9 Å². The van der Waals surface area contributed by atoms with E-state index in [0.29, 0.717) is 0 Å². The van der Waals surface area contributed by atoms with Gasteiger partial charge in [-0.25, -0.2) is 4.98 Å². The maximum atomic E-state index is 4.51. The predicted molar refractivity (Wildman–Crippen MR) is 70.6 cm³/mol. The van der Waals surface area contributed by atoms with Crippen LogP contribution in [0.2, 0.25) is 0 Å². The molecule has 0 aromatic carbocycles. The Morgan fingerprint density at radius 3 is 2.53 bits per heavy atom. The molecule has 1 aromatic heterocycles. The monoisotopic (exact) mass is 235 g/mol. The van der Waals surface area contributed by atoms with E-state index in [9.17, 15) is 0 Å². The van der Waals surface area contributed by atoms with Crippen LogP contribution in [0.15, 0.2) is 6.07 Å². The molecule has 1 aromatic rings. The van der Waals surface area contributed by atoms with Gasteiger partial charge in [0.25, 0.3) is 0 Å². The van der Waals surface area contributed by atoms with E-state index in [1.807, 2.05) is 20.0 Å². The zero-order valence-electron chi connectivity index (χ0n) is 10.9. The van der Waals surface area contributed by atoms with Crippen LogP contribution in [0.25, 0.3) is 0 Å². The maximum absolute atomic E-state index is 4.51. The lowest BCUT2D eigenvalue weighted by atomic mass is 10.3. The summed E-state index contributed by atoms with van der Waals surface area (Å²) >= 11 is 0. The second-order valence-electron chi connectivity index (χ2n) is 4.37. The van der Waals surface area contributed by atoms with Crippen molar-refractivity contribution in [2.45, 2.75) is 13.8 Å². The molecule has 0 atom stereocenters. The Balaban J connectivity index is 2.10. The van der Waals surface area contributed by atoms with Gasteiger partial charge in [-0.05, 0) is 13.5 Å². The molecule has 1 aliphatic rings. The van der Waals surface area contributed by atoms with E-state index in [1.54, 1.807) is 0 Å². The molecule has 0 aliphatic carbocycles. The number of anilines is 2. The van der Waals surface area contributed by atoms with Gasteiger partial charge < -0.3 is 15.1 Å². The van der Waals surface area contributed by atoms with Crippen molar-refractivity contribution in [3.63, 3.8) is 0 Å². The molecule has 0 amide bonds. The van der Waals surface area contributed by atoms with Crippen LogP contribution in [0.1, 0.15) is 12.6 Å². The molecule has 17 heavy (non-hydrogen) atoms. The van der Waals surface area contributed by atoms with Gasteiger partial charge in [0.1, 0.15) is 5.82 Å².